The van der Waals surface area contributed by atoms with Gasteiger partial charge in [-0.15, -0.1) is 0 Å². The van der Waals surface area contributed by atoms with Crippen LogP contribution in [0.5, 0.6) is 0 Å². The number of nitrogens with zero attached hydrogens (tertiary/aromatic N) is 3. The zero-order chi connectivity index (χ0) is 16.5. The van der Waals surface area contributed by atoms with Gasteiger partial charge in [0.05, 0.1) is 33.2 Å². The normalized spacial score (nSPS) is 11.2. The van der Waals surface area contributed by atoms with Gasteiger partial charge in [-0.05, 0) is 12.1 Å². The van der Waals surface area contributed by atoms with Gasteiger partial charge in [-0.25, -0.2) is 15.0 Å². The number of rotatable bonds is 4. The van der Waals surface area contributed by atoms with Crippen molar-refractivity contribution in [2.45, 2.75) is 5.16 Å². The van der Waals surface area contributed by atoms with Gasteiger partial charge < -0.3 is 10.3 Å². The van der Waals surface area contributed by atoms with Crippen molar-refractivity contribution in [3.63, 3.8) is 0 Å². The van der Waals surface area contributed by atoms with Crippen LogP contribution < -0.4 is 5.32 Å². The van der Waals surface area contributed by atoms with Gasteiger partial charge in [-0.3, -0.25) is 4.79 Å². The van der Waals surface area contributed by atoms with Crippen molar-refractivity contribution in [2.24, 2.45) is 0 Å². The summed E-state index contributed by atoms with van der Waals surface area (Å²) in [5.41, 5.74) is 2.39. The average molecular weight is 376 g/mol. The number of hydrogen-bond acceptors (Lipinski definition) is 6. The van der Waals surface area contributed by atoms with E-state index in [1.54, 1.807) is 12.3 Å². The summed E-state index contributed by atoms with van der Waals surface area (Å²) in [5.74, 6) is 0.104. The van der Waals surface area contributed by atoms with Gasteiger partial charge in [0.25, 0.3) is 0 Å². The molecule has 24 heavy (non-hydrogen) atoms. The number of fused-ring (bicyclic) bond motifs is 2. The van der Waals surface area contributed by atoms with Crippen LogP contribution in [0.15, 0.2) is 41.7 Å². The number of benzene rings is 1. The minimum absolute atomic E-state index is 0.129. The second kappa shape index (κ2) is 6.39. The molecule has 0 aliphatic heterocycles. The minimum atomic E-state index is -0.129. The number of imidazole rings is 1. The van der Waals surface area contributed by atoms with Gasteiger partial charge in [0.2, 0.25) is 5.91 Å². The van der Waals surface area contributed by atoms with Gasteiger partial charge in [0, 0.05) is 6.07 Å². The van der Waals surface area contributed by atoms with E-state index >= 15 is 0 Å². The third kappa shape index (κ3) is 3.21. The van der Waals surface area contributed by atoms with Crippen LogP contribution in [0.1, 0.15) is 0 Å². The number of hydrogen-bond donors (Lipinski definition) is 2. The lowest BCUT2D eigenvalue weighted by molar-refractivity contribution is -0.113. The topological polar surface area (TPSA) is 83.6 Å². The molecule has 4 rings (SSSR count). The lowest BCUT2D eigenvalue weighted by Crippen LogP contribution is -2.13. The standard InChI is InChI=1S/C15H10ClN5OS2/c16-12-5-9-10(6-17-12)20-14(19-9)23-7-13(22)21-15-18-8-3-1-2-4-11(8)24-15/h1-6H,7H2,(H,19,20)(H,18,21,22). The van der Waals surface area contributed by atoms with Gasteiger partial charge in [-0.2, -0.15) is 0 Å². The Morgan fingerprint density at radius 2 is 2.17 bits per heavy atom. The molecule has 9 heteroatoms. The van der Waals surface area contributed by atoms with Gasteiger partial charge in [0.15, 0.2) is 10.3 Å². The Kier molecular flexibility index (Phi) is 4.09. The van der Waals surface area contributed by atoms with Crippen LogP contribution in [0.2, 0.25) is 5.15 Å². The van der Waals surface area contributed by atoms with E-state index in [2.05, 4.69) is 25.3 Å². The number of H-pyrrole nitrogens is 1. The first kappa shape index (κ1) is 15.4. The molecule has 0 saturated heterocycles. The van der Waals surface area contributed by atoms with Crippen LogP contribution in [-0.4, -0.2) is 31.6 Å². The summed E-state index contributed by atoms with van der Waals surface area (Å²) in [4.78, 5) is 27.9. The molecule has 3 aromatic heterocycles. The molecule has 4 aromatic rings. The summed E-state index contributed by atoms with van der Waals surface area (Å²) >= 11 is 8.61. The lowest BCUT2D eigenvalue weighted by atomic mass is 10.3. The van der Waals surface area contributed by atoms with Crippen molar-refractivity contribution in [3.8, 4) is 0 Å². The Balaban J connectivity index is 1.41. The zero-order valence-corrected chi connectivity index (χ0v) is 14.5. The van der Waals surface area contributed by atoms with E-state index in [-0.39, 0.29) is 11.7 Å². The molecule has 6 nitrogen and oxygen atoms in total. The van der Waals surface area contributed by atoms with Crippen molar-refractivity contribution in [3.05, 3.63) is 41.7 Å². The molecule has 0 unspecified atom stereocenters. The van der Waals surface area contributed by atoms with Crippen LogP contribution in [0.4, 0.5) is 5.13 Å². The van der Waals surface area contributed by atoms with Crippen LogP contribution >= 0.6 is 34.7 Å². The van der Waals surface area contributed by atoms with E-state index in [9.17, 15) is 4.79 Å². The van der Waals surface area contributed by atoms with Crippen molar-refractivity contribution in [2.75, 3.05) is 11.1 Å². The average Bonchev–Trinajstić information content (AvgIpc) is 3.15. The molecule has 0 fully saturated rings. The molecule has 1 aromatic carbocycles. The summed E-state index contributed by atoms with van der Waals surface area (Å²) < 4.78 is 1.04. The Bertz CT molecular complexity index is 1010. The third-order valence-electron chi connectivity index (χ3n) is 3.19. The number of halogens is 1. The maximum atomic E-state index is 12.1. The highest BCUT2D eigenvalue weighted by atomic mass is 35.5. The highest BCUT2D eigenvalue weighted by Crippen LogP contribution is 2.26. The first-order valence-electron chi connectivity index (χ1n) is 6.97. The Hall–Kier alpha value is -2.16. The molecule has 0 aliphatic rings. The molecular weight excluding hydrogens is 366 g/mol. The lowest BCUT2D eigenvalue weighted by Gasteiger charge is -1.99. The maximum Gasteiger partial charge on any atom is 0.236 e. The van der Waals surface area contributed by atoms with E-state index in [0.717, 1.165) is 21.3 Å². The SMILES string of the molecule is O=C(CSc1nc2cc(Cl)ncc2[nH]1)Nc1nc2ccccc2s1. The van der Waals surface area contributed by atoms with Crippen molar-refractivity contribution in [1.82, 2.24) is 19.9 Å². The number of aromatic nitrogens is 4. The molecule has 1 amide bonds. The fourth-order valence-electron chi connectivity index (χ4n) is 2.14. The number of carbonyl (C=O) groups is 1. The molecule has 0 atom stereocenters. The number of nitrogens with one attached hydrogen (secondary N) is 2. The first-order valence-corrected chi connectivity index (χ1v) is 9.15. The molecule has 0 saturated carbocycles. The number of para-hydroxylation sites is 1. The number of anilines is 1. The second-order valence-electron chi connectivity index (χ2n) is 4.89. The number of thioether (sulfide) groups is 1. The fourth-order valence-corrected chi connectivity index (χ4v) is 3.86. The van der Waals surface area contributed by atoms with Gasteiger partial charge in [-0.1, -0.05) is 46.8 Å². The number of thiazole rings is 1. The second-order valence-corrected chi connectivity index (χ2v) is 7.27. The minimum Gasteiger partial charge on any atom is -0.332 e. The van der Waals surface area contributed by atoms with Crippen molar-refractivity contribution in [1.29, 1.82) is 0 Å². The highest BCUT2D eigenvalue weighted by Gasteiger charge is 2.10. The predicted molar refractivity (Wildman–Crippen MR) is 97.9 cm³/mol. The molecule has 2 N–H and O–H groups in total. The summed E-state index contributed by atoms with van der Waals surface area (Å²) in [7, 11) is 0. The smallest absolute Gasteiger partial charge is 0.236 e. The highest BCUT2D eigenvalue weighted by molar-refractivity contribution is 7.99. The third-order valence-corrected chi connectivity index (χ3v) is 5.22. The number of amides is 1. The zero-order valence-electron chi connectivity index (χ0n) is 12.1. The Labute approximate surface area is 149 Å². The van der Waals surface area contributed by atoms with E-state index < -0.39 is 0 Å². The van der Waals surface area contributed by atoms with Crippen molar-refractivity contribution < 1.29 is 4.79 Å². The monoisotopic (exact) mass is 375 g/mol. The Morgan fingerprint density at radius 3 is 3.04 bits per heavy atom. The van der Waals surface area contributed by atoms with Crippen LogP contribution in [0.3, 0.4) is 0 Å². The maximum absolute atomic E-state index is 12.1. The molecular formula is C15H10ClN5OS2. The van der Waals surface area contributed by atoms with E-state index in [1.807, 2.05) is 24.3 Å². The molecule has 0 radical (unpaired) electrons. The quantitative estimate of drug-likeness (QED) is 0.416. The van der Waals surface area contributed by atoms with Crippen LogP contribution in [-0.2, 0) is 4.79 Å². The molecule has 0 aliphatic carbocycles. The summed E-state index contributed by atoms with van der Waals surface area (Å²) in [5, 5.41) is 4.45. The predicted octanol–water partition coefficient (Wildman–Crippen LogP) is 3.95. The number of aromatic amines is 1. The van der Waals surface area contributed by atoms with E-state index in [4.69, 9.17) is 11.6 Å². The summed E-state index contributed by atoms with van der Waals surface area (Å²) in [6, 6.07) is 9.45. The molecule has 120 valence electrons. The largest absolute Gasteiger partial charge is 0.332 e. The summed E-state index contributed by atoms with van der Waals surface area (Å²) in [6.45, 7) is 0. The fraction of sp³-hybridized carbons (Fsp3) is 0.0667. The first-order chi connectivity index (χ1) is 11.7. The Morgan fingerprint density at radius 1 is 1.29 bits per heavy atom. The number of pyridine rings is 1. The van der Waals surface area contributed by atoms with Gasteiger partial charge >= 0.3 is 0 Å². The van der Waals surface area contributed by atoms with Crippen molar-refractivity contribution >= 4 is 67.0 Å². The molecule has 0 bridgehead atoms. The number of carbonyl (C=O) groups excluding carboxylic acids is 1. The molecule has 3 heterocycles. The van der Waals surface area contributed by atoms with Crippen LogP contribution in [0.25, 0.3) is 21.3 Å². The molecule has 0 spiro atoms. The van der Waals surface area contributed by atoms with E-state index in [0.29, 0.717) is 15.4 Å². The van der Waals surface area contributed by atoms with Crippen LogP contribution in [0, 0.1) is 0 Å². The van der Waals surface area contributed by atoms with Gasteiger partial charge in [0.1, 0.15) is 5.15 Å². The van der Waals surface area contributed by atoms with E-state index in [1.165, 1.54) is 23.1 Å². The summed E-state index contributed by atoms with van der Waals surface area (Å²) in [6.07, 6.45) is 1.62.